The van der Waals surface area contributed by atoms with E-state index in [-0.39, 0.29) is 17.1 Å². The molecule has 1 unspecified atom stereocenters. The maximum atomic E-state index is 13.0. The number of rotatable bonds is 1. The van der Waals surface area contributed by atoms with E-state index in [1.54, 1.807) is 25.2 Å². The van der Waals surface area contributed by atoms with Gasteiger partial charge in [-0.05, 0) is 35.9 Å². The number of hydrogen-bond donors (Lipinski definition) is 0. The zero-order valence-electron chi connectivity index (χ0n) is 12.5. The molecule has 0 spiro atoms. The van der Waals surface area contributed by atoms with Crippen LogP contribution in [0, 0.1) is 0 Å². The summed E-state index contributed by atoms with van der Waals surface area (Å²) >= 11 is 9.44. The van der Waals surface area contributed by atoms with Crippen molar-refractivity contribution in [2.24, 2.45) is 0 Å². The number of carbonyl (C=O) groups excluding carboxylic acids is 1. The van der Waals surface area contributed by atoms with Crippen LogP contribution in [0.4, 0.5) is 0 Å². The molecule has 24 heavy (non-hydrogen) atoms. The highest BCUT2D eigenvalue weighted by atomic mass is 79.9. The average Bonchev–Trinajstić information content (AvgIpc) is 2.81. The summed E-state index contributed by atoms with van der Waals surface area (Å²) in [5, 5.41) is 0.829. The second-order valence-corrected chi connectivity index (χ2v) is 7.04. The van der Waals surface area contributed by atoms with E-state index in [2.05, 4.69) is 15.9 Å². The van der Waals surface area contributed by atoms with E-state index in [9.17, 15) is 9.59 Å². The molecule has 0 N–H and O–H groups in total. The van der Waals surface area contributed by atoms with Crippen molar-refractivity contribution in [1.82, 2.24) is 4.90 Å². The van der Waals surface area contributed by atoms with E-state index < -0.39 is 6.04 Å². The SMILES string of the molecule is CN1C(=O)c2oc3ccc(Cl)cc3c(=O)c2C1c1cccc(Br)c1. The van der Waals surface area contributed by atoms with E-state index in [1.165, 1.54) is 4.90 Å². The molecule has 0 saturated heterocycles. The third kappa shape index (κ3) is 2.19. The Balaban J connectivity index is 2.05. The first-order valence-electron chi connectivity index (χ1n) is 7.26. The molecule has 3 aromatic rings. The fraction of sp³-hybridized carbons (Fsp3) is 0.111. The normalized spacial score (nSPS) is 16.7. The molecule has 120 valence electrons. The number of hydrogen-bond acceptors (Lipinski definition) is 3. The summed E-state index contributed by atoms with van der Waals surface area (Å²) in [6, 6.07) is 11.9. The van der Waals surface area contributed by atoms with E-state index in [4.69, 9.17) is 16.0 Å². The second kappa shape index (κ2) is 5.46. The molecule has 1 amide bonds. The predicted octanol–water partition coefficient (Wildman–Crippen LogP) is 4.38. The smallest absolute Gasteiger partial charge is 0.290 e. The van der Waals surface area contributed by atoms with Crippen molar-refractivity contribution < 1.29 is 9.21 Å². The largest absolute Gasteiger partial charge is 0.450 e. The Hall–Kier alpha value is -2.11. The minimum absolute atomic E-state index is 0.0993. The van der Waals surface area contributed by atoms with Crippen molar-refractivity contribution in [2.45, 2.75) is 6.04 Å². The average molecular weight is 405 g/mol. The zero-order valence-corrected chi connectivity index (χ0v) is 14.9. The predicted molar refractivity (Wildman–Crippen MR) is 95.6 cm³/mol. The van der Waals surface area contributed by atoms with Crippen LogP contribution >= 0.6 is 27.5 Å². The Morgan fingerprint density at radius 1 is 1.17 bits per heavy atom. The van der Waals surface area contributed by atoms with Crippen LogP contribution in [0.15, 0.2) is 56.1 Å². The van der Waals surface area contributed by atoms with Crippen molar-refractivity contribution in [3.8, 4) is 0 Å². The van der Waals surface area contributed by atoms with Gasteiger partial charge in [0, 0.05) is 16.5 Å². The van der Waals surface area contributed by atoms with E-state index >= 15 is 0 Å². The van der Waals surface area contributed by atoms with Crippen LogP contribution in [-0.2, 0) is 0 Å². The highest BCUT2D eigenvalue weighted by Crippen LogP contribution is 2.37. The maximum Gasteiger partial charge on any atom is 0.290 e. The van der Waals surface area contributed by atoms with Crippen LogP contribution in [0.5, 0.6) is 0 Å². The molecule has 4 rings (SSSR count). The minimum Gasteiger partial charge on any atom is -0.450 e. The molecule has 1 aliphatic heterocycles. The molecule has 0 aliphatic carbocycles. The Morgan fingerprint density at radius 2 is 1.96 bits per heavy atom. The Labute approximate surface area is 150 Å². The number of halogens is 2. The van der Waals surface area contributed by atoms with E-state index in [0.29, 0.717) is 21.6 Å². The Kier molecular flexibility index (Phi) is 3.51. The Morgan fingerprint density at radius 3 is 2.71 bits per heavy atom. The van der Waals surface area contributed by atoms with Gasteiger partial charge in [-0.15, -0.1) is 0 Å². The van der Waals surface area contributed by atoms with Crippen molar-refractivity contribution in [2.75, 3.05) is 7.05 Å². The molecule has 6 heteroatoms. The lowest BCUT2D eigenvalue weighted by atomic mass is 9.99. The van der Waals surface area contributed by atoms with Crippen molar-refractivity contribution in [3.63, 3.8) is 0 Å². The van der Waals surface area contributed by atoms with Gasteiger partial charge in [0.05, 0.1) is 17.0 Å². The molecule has 0 radical (unpaired) electrons. The van der Waals surface area contributed by atoms with Gasteiger partial charge in [0.15, 0.2) is 5.43 Å². The fourth-order valence-electron chi connectivity index (χ4n) is 3.13. The highest BCUT2D eigenvalue weighted by molar-refractivity contribution is 9.10. The lowest BCUT2D eigenvalue weighted by molar-refractivity contribution is 0.0771. The van der Waals surface area contributed by atoms with Crippen molar-refractivity contribution in [3.05, 3.63) is 79.1 Å². The molecule has 1 aliphatic rings. The molecule has 1 atom stereocenters. The first-order chi connectivity index (χ1) is 11.5. The number of fused-ring (bicyclic) bond motifs is 2. The van der Waals surface area contributed by atoms with Gasteiger partial charge in [0.25, 0.3) is 5.91 Å². The number of nitrogens with zero attached hydrogens (tertiary/aromatic N) is 1. The topological polar surface area (TPSA) is 50.5 Å². The summed E-state index contributed by atoms with van der Waals surface area (Å²) in [6.45, 7) is 0. The van der Waals surface area contributed by atoms with Crippen LogP contribution in [0.1, 0.15) is 27.7 Å². The van der Waals surface area contributed by atoms with Gasteiger partial charge >= 0.3 is 0 Å². The molecular weight excluding hydrogens is 394 g/mol. The van der Waals surface area contributed by atoms with Gasteiger partial charge in [-0.2, -0.15) is 0 Å². The van der Waals surface area contributed by atoms with Gasteiger partial charge < -0.3 is 9.32 Å². The molecule has 0 saturated carbocycles. The summed E-state index contributed by atoms with van der Waals surface area (Å²) in [6.07, 6.45) is 0. The minimum atomic E-state index is -0.482. The number of benzene rings is 2. The fourth-order valence-corrected chi connectivity index (χ4v) is 3.72. The monoisotopic (exact) mass is 403 g/mol. The summed E-state index contributed by atoms with van der Waals surface area (Å²) in [4.78, 5) is 27.1. The van der Waals surface area contributed by atoms with Gasteiger partial charge in [-0.25, -0.2) is 0 Å². The van der Waals surface area contributed by atoms with Crippen LogP contribution in [0.3, 0.4) is 0 Å². The number of carbonyl (C=O) groups is 1. The standard InChI is InChI=1S/C18H11BrClNO3/c1-21-15(9-3-2-4-10(19)7-9)14-16(22)12-8-11(20)5-6-13(12)24-17(14)18(21)23/h2-8,15H,1H3. The van der Waals surface area contributed by atoms with Crippen LogP contribution in [-0.4, -0.2) is 17.9 Å². The molecule has 4 nitrogen and oxygen atoms in total. The third-order valence-electron chi connectivity index (χ3n) is 4.23. The van der Waals surface area contributed by atoms with Crippen molar-refractivity contribution >= 4 is 44.4 Å². The molecule has 2 aromatic carbocycles. The summed E-state index contributed by atoms with van der Waals surface area (Å²) < 4.78 is 6.62. The Bertz CT molecular complexity index is 1060. The first kappa shape index (κ1) is 15.4. The molecule has 1 aromatic heterocycles. The maximum absolute atomic E-state index is 13.0. The van der Waals surface area contributed by atoms with Gasteiger partial charge in [0.1, 0.15) is 5.58 Å². The lowest BCUT2D eigenvalue weighted by Gasteiger charge is -2.20. The summed E-state index contributed by atoms with van der Waals surface area (Å²) in [5.74, 6) is -0.203. The van der Waals surface area contributed by atoms with Gasteiger partial charge in [-0.3, -0.25) is 9.59 Å². The van der Waals surface area contributed by atoms with E-state index in [1.807, 2.05) is 24.3 Å². The molecular formula is C18H11BrClNO3. The molecule has 0 bridgehead atoms. The zero-order chi connectivity index (χ0) is 17.0. The highest BCUT2D eigenvalue weighted by Gasteiger charge is 2.40. The molecule has 0 fully saturated rings. The van der Waals surface area contributed by atoms with Gasteiger partial charge in [-0.1, -0.05) is 39.7 Å². The summed E-state index contributed by atoms with van der Waals surface area (Å²) in [7, 11) is 1.67. The van der Waals surface area contributed by atoms with E-state index in [0.717, 1.165) is 10.0 Å². The molecule has 2 heterocycles. The van der Waals surface area contributed by atoms with Crippen LogP contribution in [0.25, 0.3) is 11.0 Å². The lowest BCUT2D eigenvalue weighted by Crippen LogP contribution is -2.25. The second-order valence-electron chi connectivity index (χ2n) is 5.69. The first-order valence-corrected chi connectivity index (χ1v) is 8.43. The van der Waals surface area contributed by atoms with Crippen molar-refractivity contribution in [1.29, 1.82) is 0 Å². The number of amides is 1. The van der Waals surface area contributed by atoms with Crippen LogP contribution in [0.2, 0.25) is 5.02 Å². The third-order valence-corrected chi connectivity index (χ3v) is 4.96. The van der Waals surface area contributed by atoms with Crippen LogP contribution < -0.4 is 5.43 Å². The quantitative estimate of drug-likeness (QED) is 0.604. The van der Waals surface area contributed by atoms with Gasteiger partial charge in [0.2, 0.25) is 5.76 Å². The summed E-state index contributed by atoms with van der Waals surface area (Å²) in [5.41, 5.74) is 1.33.